The fraction of sp³-hybridized carbons (Fsp3) is 0.174. The number of nitrogens with zero attached hydrogens (tertiary/aromatic N) is 3. The Kier molecular flexibility index (Phi) is 4.24. The Morgan fingerprint density at radius 1 is 1.10 bits per heavy atom. The molecule has 5 rings (SSSR count). The van der Waals surface area contributed by atoms with Gasteiger partial charge in [-0.2, -0.15) is 0 Å². The largest absolute Gasteiger partial charge is 0.308 e. The second-order valence-electron chi connectivity index (χ2n) is 7.28. The van der Waals surface area contributed by atoms with E-state index in [1.807, 2.05) is 42.6 Å². The molecule has 3 heterocycles. The van der Waals surface area contributed by atoms with Crippen molar-refractivity contribution in [3.05, 3.63) is 70.8 Å². The van der Waals surface area contributed by atoms with Crippen LogP contribution in [0.2, 0.25) is 0 Å². The van der Waals surface area contributed by atoms with Gasteiger partial charge < -0.3 is 4.90 Å². The number of halogens is 1. The number of anilines is 3. The van der Waals surface area contributed by atoms with Gasteiger partial charge in [-0.25, -0.2) is 0 Å². The number of rotatable bonds is 2. The van der Waals surface area contributed by atoms with E-state index in [1.165, 1.54) is 6.08 Å². The molecule has 2 aliphatic heterocycles. The summed E-state index contributed by atoms with van der Waals surface area (Å²) >= 11 is 3.54. The van der Waals surface area contributed by atoms with E-state index in [0.717, 1.165) is 50.0 Å². The number of fused-ring (bicyclic) bond motifs is 4. The van der Waals surface area contributed by atoms with Crippen molar-refractivity contribution in [1.29, 1.82) is 0 Å². The minimum Gasteiger partial charge on any atom is -0.308 e. The molecule has 0 N–H and O–H groups in total. The van der Waals surface area contributed by atoms with Gasteiger partial charge in [0.15, 0.2) is 0 Å². The molecule has 0 radical (unpaired) electrons. The summed E-state index contributed by atoms with van der Waals surface area (Å²) in [6.07, 6.45) is 5.11. The predicted octanol–water partition coefficient (Wildman–Crippen LogP) is 4.68. The third kappa shape index (κ3) is 2.86. The smallest absolute Gasteiger partial charge is 0.250 e. The third-order valence-electron chi connectivity index (χ3n) is 5.62. The minimum absolute atomic E-state index is 0.0459. The maximum Gasteiger partial charge on any atom is 0.250 e. The number of carbonyl (C=O) groups excluding carboxylic acids is 2. The number of pyridine rings is 1. The van der Waals surface area contributed by atoms with Crippen LogP contribution in [0.3, 0.4) is 0 Å². The summed E-state index contributed by atoms with van der Waals surface area (Å²) in [5, 5.41) is 0.935. The zero-order chi connectivity index (χ0) is 20.1. The summed E-state index contributed by atoms with van der Waals surface area (Å²) in [4.78, 5) is 33.4. The molecule has 29 heavy (non-hydrogen) atoms. The summed E-state index contributed by atoms with van der Waals surface area (Å²) in [6.45, 7) is 4.24. The van der Waals surface area contributed by atoms with Gasteiger partial charge in [0.05, 0.1) is 16.9 Å². The van der Waals surface area contributed by atoms with Crippen LogP contribution < -0.4 is 9.80 Å². The highest BCUT2D eigenvalue weighted by molar-refractivity contribution is 9.10. The van der Waals surface area contributed by atoms with Gasteiger partial charge in [-0.15, -0.1) is 0 Å². The Balaban J connectivity index is 1.71. The summed E-state index contributed by atoms with van der Waals surface area (Å²) in [5.74, 6) is -0.0747. The highest BCUT2D eigenvalue weighted by atomic mass is 79.9. The molecule has 0 bridgehead atoms. The van der Waals surface area contributed by atoms with Gasteiger partial charge in [-0.05, 0) is 60.4 Å². The molecule has 0 aliphatic carbocycles. The van der Waals surface area contributed by atoms with Crippen LogP contribution in [0.15, 0.2) is 59.7 Å². The van der Waals surface area contributed by atoms with Crippen LogP contribution in [-0.4, -0.2) is 23.3 Å². The molecule has 0 saturated carbocycles. The van der Waals surface area contributed by atoms with Crippen LogP contribution >= 0.6 is 15.9 Å². The topological polar surface area (TPSA) is 53.5 Å². The van der Waals surface area contributed by atoms with Crippen molar-refractivity contribution in [3.63, 3.8) is 0 Å². The van der Waals surface area contributed by atoms with E-state index in [4.69, 9.17) is 0 Å². The van der Waals surface area contributed by atoms with E-state index < -0.39 is 0 Å². The van der Waals surface area contributed by atoms with Gasteiger partial charge >= 0.3 is 0 Å². The number of hydrogen-bond donors (Lipinski definition) is 0. The Morgan fingerprint density at radius 3 is 2.79 bits per heavy atom. The number of amides is 2. The Hall–Kier alpha value is -2.99. The second kappa shape index (κ2) is 6.81. The fourth-order valence-electron chi connectivity index (χ4n) is 4.24. The van der Waals surface area contributed by atoms with Gasteiger partial charge in [-0.1, -0.05) is 28.6 Å². The van der Waals surface area contributed by atoms with Crippen LogP contribution in [0.5, 0.6) is 0 Å². The normalized spacial score (nSPS) is 15.4. The average Bonchev–Trinajstić information content (AvgIpc) is 3.16. The van der Waals surface area contributed by atoms with Crippen molar-refractivity contribution in [3.8, 4) is 0 Å². The van der Waals surface area contributed by atoms with Gasteiger partial charge in [-0.3, -0.25) is 19.5 Å². The molecule has 1 aromatic heterocycles. The lowest BCUT2D eigenvalue weighted by atomic mass is 9.98. The van der Waals surface area contributed by atoms with Crippen molar-refractivity contribution in [1.82, 2.24) is 4.98 Å². The molecule has 2 aliphatic rings. The zero-order valence-corrected chi connectivity index (χ0v) is 17.3. The highest BCUT2D eigenvalue weighted by Gasteiger charge is 2.30. The van der Waals surface area contributed by atoms with Crippen molar-refractivity contribution in [2.75, 3.05) is 16.3 Å². The lowest BCUT2D eigenvalue weighted by Crippen LogP contribution is -2.31. The quantitative estimate of drug-likeness (QED) is 0.535. The monoisotopic (exact) mass is 447 g/mol. The van der Waals surface area contributed by atoms with Crippen LogP contribution in [0.25, 0.3) is 10.9 Å². The first-order valence-electron chi connectivity index (χ1n) is 9.54. The standard InChI is InChI=1S/C23H18BrN3O2/c1-2-21(28)26-10-9-14-3-6-17(12-20(14)26)27-22(29)8-4-15-13-25-19-7-5-16(24)11-18(19)23(15)27/h2-3,5-7,11-13H,1,4,8-10H2. The van der Waals surface area contributed by atoms with E-state index >= 15 is 0 Å². The highest BCUT2D eigenvalue weighted by Crippen LogP contribution is 2.42. The lowest BCUT2D eigenvalue weighted by Gasteiger charge is -2.31. The van der Waals surface area contributed by atoms with Gasteiger partial charge in [0, 0.05) is 34.7 Å². The van der Waals surface area contributed by atoms with Crippen LogP contribution in [0, 0.1) is 0 Å². The lowest BCUT2D eigenvalue weighted by molar-refractivity contribution is -0.118. The average molecular weight is 448 g/mol. The van der Waals surface area contributed by atoms with Crippen LogP contribution in [0.4, 0.5) is 17.1 Å². The number of aromatic nitrogens is 1. The number of hydrogen-bond acceptors (Lipinski definition) is 3. The molecule has 5 nitrogen and oxygen atoms in total. The molecule has 6 heteroatoms. The first-order chi connectivity index (χ1) is 14.1. The van der Waals surface area contributed by atoms with E-state index in [2.05, 4.69) is 27.5 Å². The molecule has 144 valence electrons. The van der Waals surface area contributed by atoms with E-state index in [9.17, 15) is 9.59 Å². The summed E-state index contributed by atoms with van der Waals surface area (Å²) in [7, 11) is 0. The van der Waals surface area contributed by atoms with Gasteiger partial charge in [0.2, 0.25) is 11.8 Å². The summed E-state index contributed by atoms with van der Waals surface area (Å²) in [5.41, 5.74) is 5.51. The van der Waals surface area contributed by atoms with Gasteiger partial charge in [0.1, 0.15) is 0 Å². The molecule has 2 amide bonds. The molecule has 0 saturated heterocycles. The molecular formula is C23H18BrN3O2. The fourth-order valence-corrected chi connectivity index (χ4v) is 4.60. The first kappa shape index (κ1) is 18.1. The Labute approximate surface area is 176 Å². The van der Waals surface area contributed by atoms with Crippen molar-refractivity contribution in [2.24, 2.45) is 0 Å². The molecule has 3 aromatic rings. The molecule has 0 atom stereocenters. The number of aryl methyl sites for hydroxylation is 1. The van der Waals surface area contributed by atoms with E-state index in [-0.39, 0.29) is 11.8 Å². The Bertz CT molecular complexity index is 1200. The van der Waals surface area contributed by atoms with Crippen molar-refractivity contribution >= 4 is 55.7 Å². The molecular weight excluding hydrogens is 430 g/mol. The van der Waals surface area contributed by atoms with Crippen molar-refractivity contribution in [2.45, 2.75) is 19.3 Å². The SMILES string of the molecule is C=CC(=O)N1CCc2ccc(N3C(=O)CCc4cnc5ccc(Br)cc5c43)cc21. The van der Waals surface area contributed by atoms with Crippen LogP contribution in [0.1, 0.15) is 17.5 Å². The maximum absolute atomic E-state index is 13.1. The summed E-state index contributed by atoms with van der Waals surface area (Å²) < 4.78 is 0.940. The second-order valence-corrected chi connectivity index (χ2v) is 8.20. The summed E-state index contributed by atoms with van der Waals surface area (Å²) in [6, 6.07) is 11.8. The maximum atomic E-state index is 13.1. The van der Waals surface area contributed by atoms with Crippen molar-refractivity contribution < 1.29 is 9.59 Å². The first-order valence-corrected chi connectivity index (χ1v) is 10.3. The molecule has 0 spiro atoms. The number of benzene rings is 2. The van der Waals surface area contributed by atoms with E-state index in [0.29, 0.717) is 19.4 Å². The minimum atomic E-state index is -0.121. The van der Waals surface area contributed by atoms with Crippen LogP contribution in [-0.2, 0) is 22.4 Å². The predicted molar refractivity (Wildman–Crippen MR) is 118 cm³/mol. The molecule has 2 aromatic carbocycles. The number of carbonyl (C=O) groups is 2. The third-order valence-corrected chi connectivity index (χ3v) is 6.12. The van der Waals surface area contributed by atoms with E-state index in [1.54, 1.807) is 9.80 Å². The molecule has 0 fully saturated rings. The Morgan fingerprint density at radius 2 is 1.97 bits per heavy atom. The zero-order valence-electron chi connectivity index (χ0n) is 15.7. The molecule has 0 unspecified atom stereocenters. The van der Waals surface area contributed by atoms with Gasteiger partial charge in [0.25, 0.3) is 0 Å².